The summed E-state index contributed by atoms with van der Waals surface area (Å²) in [6.07, 6.45) is 2.87. The summed E-state index contributed by atoms with van der Waals surface area (Å²) in [6.45, 7) is 4.35. The molecule has 3 heteroatoms. The first-order chi connectivity index (χ1) is 7.14. The Labute approximate surface area is 100 Å². The topological polar surface area (TPSA) is 20.2 Å². The Kier molecular flexibility index (Phi) is 3.11. The molecular weight excluding hydrogens is 228 g/mol. The maximum atomic E-state index is 9.97. The average Bonchev–Trinajstić information content (AvgIpc) is 2.63. The van der Waals surface area contributed by atoms with Crippen LogP contribution in [0.4, 0.5) is 0 Å². The zero-order chi connectivity index (χ0) is 11.1. The third-order valence-electron chi connectivity index (χ3n) is 4.07. The van der Waals surface area contributed by atoms with Crippen molar-refractivity contribution in [3.63, 3.8) is 0 Å². The molecule has 1 N–H and O–H groups in total. The van der Waals surface area contributed by atoms with E-state index in [-0.39, 0.29) is 11.5 Å². The molecule has 15 heavy (non-hydrogen) atoms. The summed E-state index contributed by atoms with van der Waals surface area (Å²) >= 11 is 7.62. The number of hydrogen-bond acceptors (Lipinski definition) is 2. The number of thiophene rings is 1. The Morgan fingerprint density at radius 2 is 2.13 bits per heavy atom. The summed E-state index contributed by atoms with van der Waals surface area (Å²) in [6, 6.07) is 4.08. The minimum atomic E-state index is -0.127. The van der Waals surface area contributed by atoms with Crippen LogP contribution in [0.25, 0.3) is 0 Å². The lowest BCUT2D eigenvalue weighted by atomic mass is 9.54. The zero-order valence-corrected chi connectivity index (χ0v) is 10.7. The normalized spacial score (nSPS) is 28.8. The van der Waals surface area contributed by atoms with Crippen LogP contribution in [-0.4, -0.2) is 11.2 Å². The summed E-state index contributed by atoms with van der Waals surface area (Å²) in [5.74, 6) is 0.514. The van der Waals surface area contributed by atoms with Gasteiger partial charge >= 0.3 is 0 Å². The maximum Gasteiger partial charge on any atom is 0.0931 e. The predicted molar refractivity (Wildman–Crippen MR) is 65.7 cm³/mol. The van der Waals surface area contributed by atoms with Gasteiger partial charge in [-0.25, -0.2) is 0 Å². The number of rotatable bonds is 3. The van der Waals surface area contributed by atoms with Gasteiger partial charge in [0.05, 0.1) is 10.4 Å². The van der Waals surface area contributed by atoms with E-state index in [1.54, 1.807) is 11.3 Å². The molecule has 1 aromatic rings. The molecule has 0 aliphatic heterocycles. The number of halogens is 1. The Morgan fingerprint density at radius 3 is 2.53 bits per heavy atom. The monoisotopic (exact) mass is 244 g/mol. The van der Waals surface area contributed by atoms with Crippen molar-refractivity contribution >= 4 is 22.9 Å². The van der Waals surface area contributed by atoms with Gasteiger partial charge in [0.2, 0.25) is 0 Å². The van der Waals surface area contributed by atoms with Crippen LogP contribution in [0.2, 0.25) is 4.34 Å². The number of hydrogen-bond donors (Lipinski definition) is 1. The van der Waals surface area contributed by atoms with E-state index in [1.807, 2.05) is 6.07 Å². The summed E-state index contributed by atoms with van der Waals surface area (Å²) < 4.78 is 0.854. The van der Waals surface area contributed by atoms with Gasteiger partial charge in [0.15, 0.2) is 0 Å². The van der Waals surface area contributed by atoms with Gasteiger partial charge in [-0.2, -0.15) is 0 Å². The molecule has 1 nitrogen and oxygen atoms in total. The largest absolute Gasteiger partial charge is 0.393 e. The summed E-state index contributed by atoms with van der Waals surface area (Å²) in [4.78, 5) is 1.34. The van der Waals surface area contributed by atoms with E-state index in [2.05, 4.69) is 19.9 Å². The lowest BCUT2D eigenvalue weighted by Crippen LogP contribution is -2.50. The van der Waals surface area contributed by atoms with Crippen LogP contribution >= 0.6 is 22.9 Å². The van der Waals surface area contributed by atoms with Crippen molar-refractivity contribution in [2.45, 2.75) is 45.1 Å². The molecule has 0 bridgehead atoms. The van der Waals surface area contributed by atoms with Crippen molar-refractivity contribution in [2.24, 2.45) is 5.41 Å². The quantitative estimate of drug-likeness (QED) is 0.850. The molecule has 0 radical (unpaired) electrons. The molecule has 1 aromatic heterocycles. The van der Waals surface area contributed by atoms with Crippen molar-refractivity contribution in [3.8, 4) is 0 Å². The molecule has 1 saturated carbocycles. The van der Waals surface area contributed by atoms with Crippen LogP contribution < -0.4 is 0 Å². The van der Waals surface area contributed by atoms with Crippen LogP contribution in [0.15, 0.2) is 12.1 Å². The van der Waals surface area contributed by atoms with Gasteiger partial charge in [0.25, 0.3) is 0 Å². The summed E-state index contributed by atoms with van der Waals surface area (Å²) in [7, 11) is 0. The molecule has 1 fully saturated rings. The third-order valence-corrected chi connectivity index (χ3v) is 5.42. The fourth-order valence-corrected chi connectivity index (χ4v) is 4.19. The smallest absolute Gasteiger partial charge is 0.0931 e. The molecule has 0 saturated heterocycles. The highest BCUT2D eigenvalue weighted by molar-refractivity contribution is 7.16. The van der Waals surface area contributed by atoms with E-state index < -0.39 is 0 Å². The van der Waals surface area contributed by atoms with Crippen molar-refractivity contribution < 1.29 is 5.11 Å². The molecule has 0 aromatic carbocycles. The lowest BCUT2D eigenvalue weighted by Gasteiger charge is -2.53. The second-order valence-corrected chi connectivity index (χ2v) is 6.13. The summed E-state index contributed by atoms with van der Waals surface area (Å²) in [5.41, 5.74) is 0.105. The highest BCUT2D eigenvalue weighted by atomic mass is 35.5. The first-order valence-electron chi connectivity index (χ1n) is 5.57. The van der Waals surface area contributed by atoms with E-state index in [9.17, 15) is 5.11 Å². The van der Waals surface area contributed by atoms with Gasteiger partial charge in [0, 0.05) is 16.2 Å². The highest BCUT2D eigenvalue weighted by Gasteiger charge is 2.52. The second kappa shape index (κ2) is 4.08. The standard InChI is InChI=1S/C12H17ClOS/c1-3-12(4-2)8(7-10(12)14)9-5-6-11(13)15-9/h5-6,8,10,14H,3-4,7H2,1-2H3. The fraction of sp³-hybridized carbons (Fsp3) is 0.667. The Bertz CT molecular complexity index is 343. The van der Waals surface area contributed by atoms with Crippen molar-refractivity contribution in [1.82, 2.24) is 0 Å². The van der Waals surface area contributed by atoms with Gasteiger partial charge in [-0.15, -0.1) is 11.3 Å². The molecule has 2 atom stereocenters. The van der Waals surface area contributed by atoms with E-state index in [4.69, 9.17) is 11.6 Å². The fourth-order valence-electron chi connectivity index (χ4n) is 2.89. The Morgan fingerprint density at radius 1 is 1.47 bits per heavy atom. The minimum Gasteiger partial charge on any atom is -0.393 e. The molecule has 2 rings (SSSR count). The molecule has 0 spiro atoms. The van der Waals surface area contributed by atoms with Crippen LogP contribution in [0.1, 0.15) is 43.9 Å². The van der Waals surface area contributed by atoms with E-state index in [0.717, 1.165) is 23.6 Å². The van der Waals surface area contributed by atoms with Gasteiger partial charge in [-0.05, 0) is 31.4 Å². The van der Waals surface area contributed by atoms with Crippen molar-refractivity contribution in [2.75, 3.05) is 0 Å². The molecule has 1 heterocycles. The van der Waals surface area contributed by atoms with Crippen LogP contribution in [0, 0.1) is 5.41 Å². The Balaban J connectivity index is 2.25. The van der Waals surface area contributed by atoms with Gasteiger partial charge in [-0.1, -0.05) is 25.4 Å². The minimum absolute atomic E-state index is 0.105. The molecule has 1 aliphatic rings. The van der Waals surface area contributed by atoms with E-state index in [0.29, 0.717) is 5.92 Å². The maximum absolute atomic E-state index is 9.97. The van der Waals surface area contributed by atoms with E-state index >= 15 is 0 Å². The highest BCUT2D eigenvalue weighted by Crippen LogP contribution is 2.58. The molecule has 84 valence electrons. The molecule has 0 amide bonds. The first-order valence-corrected chi connectivity index (χ1v) is 6.76. The Hall–Kier alpha value is -0.0500. The molecule has 1 aliphatic carbocycles. The van der Waals surface area contributed by atoms with Gasteiger partial charge in [0.1, 0.15) is 0 Å². The van der Waals surface area contributed by atoms with Crippen LogP contribution in [0.3, 0.4) is 0 Å². The number of aliphatic hydroxyl groups is 1. The SMILES string of the molecule is CCC1(CC)C(O)CC1c1ccc(Cl)s1. The summed E-state index contributed by atoms with van der Waals surface area (Å²) in [5, 5.41) is 9.97. The van der Waals surface area contributed by atoms with E-state index in [1.165, 1.54) is 4.88 Å². The second-order valence-electron chi connectivity index (χ2n) is 4.39. The predicted octanol–water partition coefficient (Wildman–Crippen LogP) is 4.06. The van der Waals surface area contributed by atoms with Gasteiger partial charge in [-0.3, -0.25) is 0 Å². The van der Waals surface area contributed by atoms with Gasteiger partial charge < -0.3 is 5.11 Å². The molecule has 2 unspecified atom stereocenters. The van der Waals surface area contributed by atoms with Crippen molar-refractivity contribution in [3.05, 3.63) is 21.3 Å². The van der Waals surface area contributed by atoms with Crippen LogP contribution in [0.5, 0.6) is 0 Å². The number of aliphatic hydroxyl groups excluding tert-OH is 1. The first kappa shape index (κ1) is 11.4. The van der Waals surface area contributed by atoms with Crippen LogP contribution in [-0.2, 0) is 0 Å². The average molecular weight is 245 g/mol. The third kappa shape index (κ3) is 1.63. The lowest BCUT2D eigenvalue weighted by molar-refractivity contribution is -0.0920. The van der Waals surface area contributed by atoms with Crippen molar-refractivity contribution in [1.29, 1.82) is 0 Å². The molecular formula is C12H17ClOS. The zero-order valence-electron chi connectivity index (χ0n) is 9.16.